The topological polar surface area (TPSA) is 52.6 Å². The van der Waals surface area contributed by atoms with Gasteiger partial charge in [0.25, 0.3) is 0 Å². The summed E-state index contributed by atoms with van der Waals surface area (Å²) in [6, 6.07) is 20.3. The van der Waals surface area contributed by atoms with Crippen molar-refractivity contribution in [2.75, 3.05) is 0 Å². The maximum atomic E-state index is 12.6. The molecule has 0 saturated heterocycles. The van der Waals surface area contributed by atoms with Crippen molar-refractivity contribution >= 4 is 43.8 Å². The number of carbonyl (C=O) groups excluding carboxylic acids is 2. The lowest BCUT2D eigenvalue weighted by molar-refractivity contribution is 0.0691. The fraction of sp³-hybridized carbons (Fsp3) is 0. The Bertz CT molecular complexity index is 891. The highest BCUT2D eigenvalue weighted by Crippen LogP contribution is 2.27. The van der Waals surface area contributed by atoms with Crippen LogP contribution in [0.5, 0.6) is 11.5 Å². The van der Waals surface area contributed by atoms with E-state index in [0.29, 0.717) is 20.4 Å². The standard InChI is InChI=1S/C20H12Br2O4/c21-15-9-3-5-11-17(15)25-19(23)13-7-1-2-8-14(13)20(24)26-18-12-6-4-10-16(18)22/h1-12H. The van der Waals surface area contributed by atoms with Gasteiger partial charge >= 0.3 is 11.9 Å². The number of carbonyl (C=O) groups is 2. The molecule has 0 bridgehead atoms. The molecule has 0 spiro atoms. The minimum atomic E-state index is -0.642. The molecule has 0 atom stereocenters. The van der Waals surface area contributed by atoms with E-state index in [1.54, 1.807) is 48.5 Å². The first-order chi connectivity index (χ1) is 12.6. The summed E-state index contributed by atoms with van der Waals surface area (Å²) >= 11 is 6.65. The molecule has 3 aromatic rings. The first kappa shape index (κ1) is 18.4. The quantitative estimate of drug-likeness (QED) is 0.361. The van der Waals surface area contributed by atoms with Gasteiger partial charge in [0.05, 0.1) is 20.1 Å². The molecule has 0 aliphatic heterocycles. The second-order valence-electron chi connectivity index (χ2n) is 5.19. The van der Waals surface area contributed by atoms with Crippen LogP contribution in [0.1, 0.15) is 20.7 Å². The molecule has 0 N–H and O–H groups in total. The van der Waals surface area contributed by atoms with Gasteiger partial charge in [-0.2, -0.15) is 0 Å². The summed E-state index contributed by atoms with van der Waals surface area (Å²) in [6.07, 6.45) is 0. The number of hydrogen-bond acceptors (Lipinski definition) is 4. The summed E-state index contributed by atoms with van der Waals surface area (Å²) in [5.41, 5.74) is 0.251. The van der Waals surface area contributed by atoms with Gasteiger partial charge in [-0.1, -0.05) is 36.4 Å². The third-order valence-electron chi connectivity index (χ3n) is 3.45. The van der Waals surface area contributed by atoms with Gasteiger partial charge in [0.2, 0.25) is 0 Å². The van der Waals surface area contributed by atoms with Gasteiger partial charge in [-0.05, 0) is 68.3 Å². The summed E-state index contributed by atoms with van der Waals surface area (Å²) in [5.74, 6) is -0.550. The number of ether oxygens (including phenoxy) is 2. The fourth-order valence-corrected chi connectivity index (χ4v) is 2.94. The van der Waals surface area contributed by atoms with Crippen molar-refractivity contribution in [2.45, 2.75) is 0 Å². The molecule has 26 heavy (non-hydrogen) atoms. The Labute approximate surface area is 167 Å². The summed E-state index contributed by atoms with van der Waals surface area (Å²) in [7, 11) is 0. The maximum absolute atomic E-state index is 12.6. The summed E-state index contributed by atoms with van der Waals surface area (Å²) in [6.45, 7) is 0. The maximum Gasteiger partial charge on any atom is 0.344 e. The van der Waals surface area contributed by atoms with Crippen LogP contribution < -0.4 is 9.47 Å². The first-order valence-corrected chi connectivity index (χ1v) is 9.17. The molecule has 0 amide bonds. The molecule has 4 nitrogen and oxygen atoms in total. The lowest BCUT2D eigenvalue weighted by atomic mass is 10.1. The number of benzene rings is 3. The third kappa shape index (κ3) is 4.20. The van der Waals surface area contributed by atoms with Crippen molar-refractivity contribution < 1.29 is 19.1 Å². The van der Waals surface area contributed by atoms with Crippen LogP contribution in [0.4, 0.5) is 0 Å². The highest BCUT2D eigenvalue weighted by Gasteiger charge is 2.21. The minimum Gasteiger partial charge on any atom is -0.422 e. The lowest BCUT2D eigenvalue weighted by Crippen LogP contribution is -2.17. The van der Waals surface area contributed by atoms with E-state index >= 15 is 0 Å². The second-order valence-corrected chi connectivity index (χ2v) is 6.89. The molecule has 0 aromatic heterocycles. The highest BCUT2D eigenvalue weighted by atomic mass is 79.9. The Morgan fingerprint density at radius 3 is 1.31 bits per heavy atom. The molecule has 0 radical (unpaired) electrons. The van der Waals surface area contributed by atoms with Crippen LogP contribution in [0.25, 0.3) is 0 Å². The van der Waals surface area contributed by atoms with Crippen LogP contribution in [0, 0.1) is 0 Å². The Balaban J connectivity index is 1.86. The number of para-hydroxylation sites is 2. The zero-order valence-corrected chi connectivity index (χ0v) is 16.5. The van der Waals surface area contributed by atoms with Crippen molar-refractivity contribution in [1.82, 2.24) is 0 Å². The number of halogens is 2. The van der Waals surface area contributed by atoms with Crippen molar-refractivity contribution in [3.05, 3.63) is 92.9 Å². The smallest absolute Gasteiger partial charge is 0.344 e. The SMILES string of the molecule is O=C(Oc1ccccc1Br)c1ccccc1C(=O)Oc1ccccc1Br. The zero-order valence-electron chi connectivity index (χ0n) is 13.3. The van der Waals surface area contributed by atoms with Gasteiger partial charge in [-0.3, -0.25) is 0 Å². The fourth-order valence-electron chi connectivity index (χ4n) is 2.20. The molecule has 130 valence electrons. The van der Waals surface area contributed by atoms with Crippen LogP contribution in [0.2, 0.25) is 0 Å². The summed E-state index contributed by atoms with van der Waals surface area (Å²) in [4.78, 5) is 25.1. The molecule has 3 aromatic carbocycles. The molecule has 0 unspecified atom stereocenters. The second kappa shape index (κ2) is 8.29. The van der Waals surface area contributed by atoms with E-state index in [1.807, 2.05) is 12.1 Å². The molecular formula is C20H12Br2O4. The normalized spacial score (nSPS) is 10.2. The Morgan fingerprint density at radius 1 is 0.577 bits per heavy atom. The molecule has 6 heteroatoms. The summed E-state index contributed by atoms with van der Waals surface area (Å²) < 4.78 is 12.1. The predicted octanol–water partition coefficient (Wildman–Crippen LogP) is 5.65. The lowest BCUT2D eigenvalue weighted by Gasteiger charge is -2.11. The minimum absolute atomic E-state index is 0.125. The zero-order chi connectivity index (χ0) is 18.5. The van der Waals surface area contributed by atoms with Crippen molar-refractivity contribution in [1.29, 1.82) is 0 Å². The van der Waals surface area contributed by atoms with E-state index in [2.05, 4.69) is 31.9 Å². The molecule has 0 aliphatic carbocycles. The van der Waals surface area contributed by atoms with E-state index in [9.17, 15) is 9.59 Å². The Kier molecular flexibility index (Phi) is 5.85. The number of esters is 2. The van der Waals surface area contributed by atoms with Crippen LogP contribution >= 0.6 is 31.9 Å². The van der Waals surface area contributed by atoms with Crippen LogP contribution in [-0.4, -0.2) is 11.9 Å². The Morgan fingerprint density at radius 2 is 0.923 bits per heavy atom. The van der Waals surface area contributed by atoms with Gasteiger partial charge in [0, 0.05) is 0 Å². The van der Waals surface area contributed by atoms with Gasteiger partial charge in [0.15, 0.2) is 0 Å². The van der Waals surface area contributed by atoms with E-state index < -0.39 is 11.9 Å². The molecule has 0 aliphatic rings. The molecule has 0 fully saturated rings. The van der Waals surface area contributed by atoms with Crippen LogP contribution in [0.3, 0.4) is 0 Å². The Hall–Kier alpha value is -2.44. The van der Waals surface area contributed by atoms with Crippen molar-refractivity contribution in [2.24, 2.45) is 0 Å². The molecule has 0 heterocycles. The largest absolute Gasteiger partial charge is 0.422 e. The molecule has 3 rings (SSSR count). The molecule has 0 saturated carbocycles. The average Bonchev–Trinajstić information content (AvgIpc) is 2.65. The van der Waals surface area contributed by atoms with Crippen LogP contribution in [-0.2, 0) is 0 Å². The van der Waals surface area contributed by atoms with Gasteiger partial charge < -0.3 is 9.47 Å². The van der Waals surface area contributed by atoms with Crippen molar-refractivity contribution in [3.8, 4) is 11.5 Å². The average molecular weight is 476 g/mol. The van der Waals surface area contributed by atoms with E-state index in [1.165, 1.54) is 12.1 Å². The highest BCUT2D eigenvalue weighted by molar-refractivity contribution is 9.10. The van der Waals surface area contributed by atoms with Crippen molar-refractivity contribution in [3.63, 3.8) is 0 Å². The van der Waals surface area contributed by atoms with Gasteiger partial charge in [0.1, 0.15) is 11.5 Å². The first-order valence-electron chi connectivity index (χ1n) is 7.58. The van der Waals surface area contributed by atoms with E-state index in [4.69, 9.17) is 9.47 Å². The van der Waals surface area contributed by atoms with Crippen LogP contribution in [0.15, 0.2) is 81.7 Å². The number of hydrogen-bond donors (Lipinski definition) is 0. The third-order valence-corrected chi connectivity index (χ3v) is 4.76. The van der Waals surface area contributed by atoms with E-state index in [-0.39, 0.29) is 11.1 Å². The summed E-state index contributed by atoms with van der Waals surface area (Å²) in [5, 5.41) is 0. The molecular weight excluding hydrogens is 464 g/mol. The van der Waals surface area contributed by atoms with Gasteiger partial charge in [-0.25, -0.2) is 9.59 Å². The predicted molar refractivity (Wildman–Crippen MR) is 105 cm³/mol. The monoisotopic (exact) mass is 474 g/mol. The number of rotatable bonds is 4. The van der Waals surface area contributed by atoms with E-state index in [0.717, 1.165) is 0 Å². The van der Waals surface area contributed by atoms with Gasteiger partial charge in [-0.15, -0.1) is 0 Å².